The quantitative estimate of drug-likeness (QED) is 0.862. The fourth-order valence-corrected chi connectivity index (χ4v) is 2.47. The molecule has 1 heterocycles. The molecule has 5 nitrogen and oxygen atoms in total. The predicted octanol–water partition coefficient (Wildman–Crippen LogP) is 1.93. The highest BCUT2D eigenvalue weighted by atomic mass is 16.5. The maximum absolute atomic E-state index is 10.7. The van der Waals surface area contributed by atoms with Gasteiger partial charge in [-0.3, -0.25) is 9.69 Å². The highest BCUT2D eigenvalue weighted by molar-refractivity contribution is 5.69. The summed E-state index contributed by atoms with van der Waals surface area (Å²) < 4.78 is 11.4. The summed E-state index contributed by atoms with van der Waals surface area (Å²) in [6.45, 7) is 5.09. The lowest BCUT2D eigenvalue weighted by Crippen LogP contribution is -2.25. The van der Waals surface area contributed by atoms with Gasteiger partial charge in [-0.05, 0) is 33.0 Å². The minimum Gasteiger partial charge on any atom is -0.494 e. The lowest BCUT2D eigenvalue weighted by atomic mass is 10.1. The van der Waals surface area contributed by atoms with Crippen LogP contribution < -0.4 is 9.47 Å². The van der Waals surface area contributed by atoms with Crippen molar-refractivity contribution in [2.45, 2.75) is 32.9 Å². The Morgan fingerprint density at radius 1 is 1.55 bits per heavy atom. The van der Waals surface area contributed by atoms with Crippen molar-refractivity contribution < 1.29 is 19.4 Å². The Bertz CT molecular complexity index is 501. The van der Waals surface area contributed by atoms with E-state index in [0.29, 0.717) is 13.2 Å². The van der Waals surface area contributed by atoms with Gasteiger partial charge in [0.25, 0.3) is 0 Å². The fraction of sp³-hybridized carbons (Fsp3) is 0.533. The molecule has 1 N–H and O–H groups in total. The highest BCUT2D eigenvalue weighted by Gasteiger charge is 2.22. The summed E-state index contributed by atoms with van der Waals surface area (Å²) in [5.41, 5.74) is 2.12. The molecule has 0 aliphatic carbocycles. The number of aliphatic carboxylic acids is 1. The molecule has 0 amide bonds. The first-order valence-electron chi connectivity index (χ1n) is 6.85. The lowest BCUT2D eigenvalue weighted by molar-refractivity contribution is -0.138. The fourth-order valence-electron chi connectivity index (χ4n) is 2.47. The number of rotatable bonds is 6. The van der Waals surface area contributed by atoms with Gasteiger partial charge in [-0.15, -0.1) is 0 Å². The molecule has 0 spiro atoms. The summed E-state index contributed by atoms with van der Waals surface area (Å²) >= 11 is 0. The van der Waals surface area contributed by atoms with E-state index in [9.17, 15) is 4.79 Å². The molecule has 0 saturated carbocycles. The number of benzene rings is 1. The Hall–Kier alpha value is -1.75. The molecule has 1 aromatic carbocycles. The normalized spacial score (nSPS) is 16.9. The van der Waals surface area contributed by atoms with Crippen LogP contribution in [-0.2, 0) is 17.8 Å². The van der Waals surface area contributed by atoms with Gasteiger partial charge in [-0.1, -0.05) is 0 Å². The van der Waals surface area contributed by atoms with Gasteiger partial charge in [-0.2, -0.15) is 0 Å². The molecule has 1 atom stereocenters. The maximum atomic E-state index is 10.7. The van der Waals surface area contributed by atoms with E-state index in [1.54, 1.807) is 11.9 Å². The van der Waals surface area contributed by atoms with Crippen LogP contribution in [0.25, 0.3) is 0 Å². The van der Waals surface area contributed by atoms with E-state index in [0.717, 1.165) is 29.0 Å². The van der Waals surface area contributed by atoms with Crippen LogP contribution in [0.4, 0.5) is 0 Å². The molecular formula is C15H21NO4. The molecule has 0 saturated heterocycles. The molecule has 0 aromatic heterocycles. The Kier molecular flexibility index (Phi) is 4.49. The zero-order chi connectivity index (χ0) is 14.7. The van der Waals surface area contributed by atoms with Gasteiger partial charge in [0.15, 0.2) is 0 Å². The lowest BCUT2D eigenvalue weighted by Gasteiger charge is -2.18. The molecule has 1 aromatic rings. The van der Waals surface area contributed by atoms with Crippen LogP contribution in [0, 0.1) is 0 Å². The van der Waals surface area contributed by atoms with Crippen molar-refractivity contribution in [3.63, 3.8) is 0 Å². The van der Waals surface area contributed by atoms with Crippen LogP contribution in [0.1, 0.15) is 25.0 Å². The van der Waals surface area contributed by atoms with Gasteiger partial charge in [-0.25, -0.2) is 0 Å². The van der Waals surface area contributed by atoms with Crippen molar-refractivity contribution >= 4 is 5.97 Å². The topological polar surface area (TPSA) is 59.0 Å². The number of hydrogen-bond donors (Lipinski definition) is 1. The van der Waals surface area contributed by atoms with E-state index >= 15 is 0 Å². The first kappa shape index (κ1) is 14.7. The van der Waals surface area contributed by atoms with Gasteiger partial charge in [0, 0.05) is 24.1 Å². The number of likely N-dealkylation sites (N-methyl/N-ethyl adjacent to an activating group) is 1. The highest BCUT2D eigenvalue weighted by Crippen LogP contribution is 2.35. The minimum absolute atomic E-state index is 0.0000896. The first-order chi connectivity index (χ1) is 9.49. The number of carboxylic acids is 1. The van der Waals surface area contributed by atoms with Gasteiger partial charge in [0.05, 0.1) is 13.2 Å². The van der Waals surface area contributed by atoms with Gasteiger partial charge < -0.3 is 14.6 Å². The third kappa shape index (κ3) is 3.42. The molecule has 0 fully saturated rings. The largest absolute Gasteiger partial charge is 0.494 e. The predicted molar refractivity (Wildman–Crippen MR) is 75.4 cm³/mol. The number of carbonyl (C=O) groups is 1. The van der Waals surface area contributed by atoms with Crippen molar-refractivity contribution in [1.82, 2.24) is 4.90 Å². The summed E-state index contributed by atoms with van der Waals surface area (Å²) in [6, 6.07) is 3.99. The third-order valence-corrected chi connectivity index (χ3v) is 3.22. The van der Waals surface area contributed by atoms with Gasteiger partial charge >= 0.3 is 5.97 Å². The van der Waals surface area contributed by atoms with E-state index in [1.165, 1.54) is 0 Å². The number of fused-ring (bicyclic) bond motifs is 1. The van der Waals surface area contributed by atoms with Crippen LogP contribution in [-0.4, -0.2) is 42.3 Å². The second kappa shape index (κ2) is 6.13. The molecule has 2 rings (SSSR count). The molecule has 0 radical (unpaired) electrons. The van der Waals surface area contributed by atoms with E-state index in [4.69, 9.17) is 14.6 Å². The van der Waals surface area contributed by atoms with Crippen molar-refractivity contribution in [2.75, 3.05) is 20.2 Å². The van der Waals surface area contributed by atoms with E-state index in [2.05, 4.69) is 0 Å². The summed E-state index contributed by atoms with van der Waals surface area (Å²) in [5.74, 6) is 0.873. The number of carboxylic acid groups (broad SMARTS) is 1. The summed E-state index contributed by atoms with van der Waals surface area (Å²) in [4.78, 5) is 12.5. The van der Waals surface area contributed by atoms with Crippen molar-refractivity contribution in [3.8, 4) is 11.5 Å². The second-order valence-corrected chi connectivity index (χ2v) is 5.20. The SMILES string of the molecule is CCOc1cc2c(cc1CN(C)CC(=O)O)OC(C)C2. The molecule has 1 aliphatic rings. The van der Waals surface area contributed by atoms with E-state index in [-0.39, 0.29) is 12.6 Å². The Balaban J connectivity index is 2.22. The van der Waals surface area contributed by atoms with Gasteiger partial charge in [0.2, 0.25) is 0 Å². The minimum atomic E-state index is -0.837. The van der Waals surface area contributed by atoms with Crippen molar-refractivity contribution in [2.24, 2.45) is 0 Å². The maximum Gasteiger partial charge on any atom is 0.317 e. The first-order valence-corrected chi connectivity index (χ1v) is 6.85. The number of hydrogen-bond acceptors (Lipinski definition) is 4. The molecule has 1 aliphatic heterocycles. The number of nitrogens with zero attached hydrogens (tertiary/aromatic N) is 1. The molecule has 20 heavy (non-hydrogen) atoms. The molecule has 1 unspecified atom stereocenters. The Morgan fingerprint density at radius 2 is 2.30 bits per heavy atom. The Morgan fingerprint density at radius 3 is 2.95 bits per heavy atom. The standard InChI is InChI=1S/C15H21NO4/c1-4-19-13-6-11-5-10(2)20-14(11)7-12(13)8-16(3)9-15(17)18/h6-7,10H,4-5,8-9H2,1-3H3,(H,17,18). The zero-order valence-electron chi connectivity index (χ0n) is 12.2. The van der Waals surface area contributed by atoms with Crippen LogP contribution in [0.2, 0.25) is 0 Å². The van der Waals surface area contributed by atoms with Crippen LogP contribution in [0.5, 0.6) is 11.5 Å². The van der Waals surface area contributed by atoms with Crippen molar-refractivity contribution in [1.29, 1.82) is 0 Å². The van der Waals surface area contributed by atoms with Gasteiger partial charge in [0.1, 0.15) is 17.6 Å². The van der Waals surface area contributed by atoms with E-state index in [1.807, 2.05) is 26.0 Å². The zero-order valence-corrected chi connectivity index (χ0v) is 12.2. The third-order valence-electron chi connectivity index (χ3n) is 3.22. The van der Waals surface area contributed by atoms with E-state index < -0.39 is 5.97 Å². The monoisotopic (exact) mass is 279 g/mol. The molecule has 0 bridgehead atoms. The average molecular weight is 279 g/mol. The second-order valence-electron chi connectivity index (χ2n) is 5.20. The average Bonchev–Trinajstić information content (AvgIpc) is 2.68. The summed E-state index contributed by atoms with van der Waals surface area (Å²) in [6.07, 6.45) is 1.08. The van der Waals surface area contributed by atoms with Crippen LogP contribution >= 0.6 is 0 Å². The van der Waals surface area contributed by atoms with Crippen molar-refractivity contribution in [3.05, 3.63) is 23.3 Å². The Labute approximate surface area is 119 Å². The molecule has 5 heteroatoms. The molecule has 110 valence electrons. The number of ether oxygens (including phenoxy) is 2. The summed E-state index contributed by atoms with van der Waals surface area (Å²) in [5, 5.41) is 8.83. The smallest absolute Gasteiger partial charge is 0.317 e. The van der Waals surface area contributed by atoms with Crippen LogP contribution in [0.3, 0.4) is 0 Å². The van der Waals surface area contributed by atoms with Crippen LogP contribution in [0.15, 0.2) is 12.1 Å². The molecular weight excluding hydrogens is 258 g/mol. The summed E-state index contributed by atoms with van der Waals surface area (Å²) in [7, 11) is 1.78.